The van der Waals surface area contributed by atoms with Crippen LogP contribution in [0.5, 0.6) is 0 Å². The van der Waals surface area contributed by atoms with Crippen LogP contribution in [0.2, 0.25) is 0 Å². The molecule has 2 aromatic heterocycles. The van der Waals surface area contributed by atoms with Crippen molar-refractivity contribution in [2.24, 2.45) is 0 Å². The lowest BCUT2D eigenvalue weighted by Crippen LogP contribution is -2.25. The van der Waals surface area contributed by atoms with E-state index in [4.69, 9.17) is 4.42 Å². The maximum atomic E-state index is 5.61. The highest BCUT2D eigenvalue weighted by molar-refractivity contribution is 5.27. The van der Waals surface area contributed by atoms with Gasteiger partial charge in [-0.15, -0.1) is 0 Å². The summed E-state index contributed by atoms with van der Waals surface area (Å²) in [7, 11) is 0. The number of rotatable bonds is 5. The molecule has 3 aromatic rings. The summed E-state index contributed by atoms with van der Waals surface area (Å²) in [6.45, 7) is 2.13. The van der Waals surface area contributed by atoms with Crippen molar-refractivity contribution in [3.63, 3.8) is 0 Å². The minimum Gasteiger partial charge on any atom is -0.467 e. The molecule has 0 fully saturated rings. The summed E-state index contributed by atoms with van der Waals surface area (Å²) in [6.07, 6.45) is 5.39. The first-order valence-corrected chi connectivity index (χ1v) is 7.09. The topological polar surface area (TPSA) is 38.1 Å². The number of pyridine rings is 1. The first-order chi connectivity index (χ1) is 10.3. The van der Waals surface area contributed by atoms with Gasteiger partial charge >= 0.3 is 0 Å². The quantitative estimate of drug-likeness (QED) is 0.763. The molecule has 0 spiro atoms. The molecule has 0 aliphatic carbocycles. The zero-order chi connectivity index (χ0) is 14.5. The van der Waals surface area contributed by atoms with Crippen molar-refractivity contribution in [2.45, 2.75) is 19.0 Å². The van der Waals surface area contributed by atoms with Crippen LogP contribution < -0.4 is 5.32 Å². The summed E-state index contributed by atoms with van der Waals surface area (Å²) in [5, 5.41) is 3.62. The van der Waals surface area contributed by atoms with Crippen LogP contribution >= 0.6 is 0 Å². The molecule has 0 amide bonds. The van der Waals surface area contributed by atoms with E-state index in [0.717, 1.165) is 11.3 Å². The van der Waals surface area contributed by atoms with Crippen molar-refractivity contribution in [3.8, 4) is 0 Å². The van der Waals surface area contributed by atoms with Gasteiger partial charge in [0.15, 0.2) is 0 Å². The Hall–Kier alpha value is -2.39. The van der Waals surface area contributed by atoms with E-state index in [-0.39, 0.29) is 12.1 Å². The smallest absolute Gasteiger partial charge is 0.125 e. The highest BCUT2D eigenvalue weighted by Gasteiger charge is 2.19. The number of hydrogen-bond donors (Lipinski definition) is 1. The van der Waals surface area contributed by atoms with Gasteiger partial charge in [-0.3, -0.25) is 10.3 Å². The highest BCUT2D eigenvalue weighted by atomic mass is 16.3. The number of aromatic nitrogens is 1. The molecule has 2 unspecified atom stereocenters. The van der Waals surface area contributed by atoms with Gasteiger partial charge in [0.2, 0.25) is 0 Å². The van der Waals surface area contributed by atoms with Gasteiger partial charge in [0.05, 0.1) is 12.3 Å². The lowest BCUT2D eigenvalue weighted by molar-refractivity contribution is 0.419. The summed E-state index contributed by atoms with van der Waals surface area (Å²) in [5.41, 5.74) is 2.34. The van der Waals surface area contributed by atoms with Gasteiger partial charge in [-0.2, -0.15) is 0 Å². The van der Waals surface area contributed by atoms with Crippen molar-refractivity contribution in [1.82, 2.24) is 10.3 Å². The zero-order valence-electron chi connectivity index (χ0n) is 11.9. The summed E-state index contributed by atoms with van der Waals surface area (Å²) >= 11 is 0. The van der Waals surface area contributed by atoms with Gasteiger partial charge in [-0.05, 0) is 36.2 Å². The molecule has 1 N–H and O–H groups in total. The van der Waals surface area contributed by atoms with E-state index in [9.17, 15) is 0 Å². The number of benzene rings is 1. The van der Waals surface area contributed by atoms with Crippen LogP contribution in [-0.4, -0.2) is 4.98 Å². The van der Waals surface area contributed by atoms with E-state index in [0.29, 0.717) is 0 Å². The molecule has 0 aliphatic rings. The molecular weight excluding hydrogens is 260 g/mol. The fourth-order valence-corrected chi connectivity index (χ4v) is 2.42. The maximum absolute atomic E-state index is 5.61. The van der Waals surface area contributed by atoms with E-state index < -0.39 is 0 Å². The van der Waals surface area contributed by atoms with Gasteiger partial charge < -0.3 is 4.42 Å². The van der Waals surface area contributed by atoms with E-state index in [1.54, 1.807) is 12.5 Å². The third kappa shape index (κ3) is 3.20. The van der Waals surface area contributed by atoms with Crippen molar-refractivity contribution in [2.75, 3.05) is 0 Å². The fourth-order valence-electron chi connectivity index (χ4n) is 2.42. The average Bonchev–Trinajstić information content (AvgIpc) is 3.08. The van der Waals surface area contributed by atoms with Gasteiger partial charge in [-0.1, -0.05) is 36.4 Å². The second-order valence-electron chi connectivity index (χ2n) is 5.03. The monoisotopic (exact) mass is 278 g/mol. The predicted octanol–water partition coefficient (Wildman–Crippen LogP) is 4.11. The number of furan rings is 1. The molecule has 2 atom stereocenters. The van der Waals surface area contributed by atoms with Crippen LogP contribution in [-0.2, 0) is 0 Å². The first kappa shape index (κ1) is 13.6. The number of nitrogens with zero attached hydrogens (tertiary/aromatic N) is 1. The molecule has 3 heteroatoms. The minimum atomic E-state index is 0.0245. The molecule has 0 saturated heterocycles. The molecule has 0 aliphatic heterocycles. The van der Waals surface area contributed by atoms with Gasteiger partial charge in [0.1, 0.15) is 5.76 Å². The third-order valence-corrected chi connectivity index (χ3v) is 3.56. The largest absolute Gasteiger partial charge is 0.467 e. The van der Waals surface area contributed by atoms with Gasteiger partial charge in [0.25, 0.3) is 0 Å². The summed E-state index contributed by atoms with van der Waals surface area (Å²) in [4.78, 5) is 4.19. The molecule has 1 aromatic carbocycles. The molecule has 0 bridgehead atoms. The molecular formula is C18H18N2O. The Balaban J connectivity index is 1.87. The summed E-state index contributed by atoms with van der Waals surface area (Å²) in [5.74, 6) is 0.914. The normalized spacial score (nSPS) is 13.8. The summed E-state index contributed by atoms with van der Waals surface area (Å²) < 4.78 is 5.61. The zero-order valence-corrected chi connectivity index (χ0v) is 11.9. The Morgan fingerprint density at radius 3 is 2.43 bits per heavy atom. The van der Waals surface area contributed by atoms with Crippen molar-refractivity contribution in [3.05, 3.63) is 90.1 Å². The van der Waals surface area contributed by atoms with Gasteiger partial charge in [0, 0.05) is 18.4 Å². The Bertz CT molecular complexity index is 650. The maximum Gasteiger partial charge on any atom is 0.125 e. The Labute approximate surface area is 124 Å². The lowest BCUT2D eigenvalue weighted by atomic mass is 10.0. The molecule has 3 nitrogen and oxygen atoms in total. The minimum absolute atomic E-state index is 0.0245. The van der Waals surface area contributed by atoms with E-state index >= 15 is 0 Å². The van der Waals surface area contributed by atoms with Gasteiger partial charge in [-0.25, -0.2) is 0 Å². The second kappa shape index (κ2) is 6.37. The van der Waals surface area contributed by atoms with Crippen LogP contribution in [0.25, 0.3) is 0 Å². The lowest BCUT2D eigenvalue weighted by Gasteiger charge is -2.22. The Kier molecular flexibility index (Phi) is 4.12. The van der Waals surface area contributed by atoms with Crippen LogP contribution in [0.15, 0.2) is 77.7 Å². The molecule has 0 saturated carbocycles. The van der Waals surface area contributed by atoms with Crippen molar-refractivity contribution in [1.29, 1.82) is 0 Å². The van der Waals surface area contributed by atoms with E-state index in [1.165, 1.54) is 5.56 Å². The molecule has 106 valence electrons. The average molecular weight is 278 g/mol. The van der Waals surface area contributed by atoms with Crippen LogP contribution in [0.4, 0.5) is 0 Å². The number of nitrogens with one attached hydrogen (secondary N) is 1. The SMILES string of the molecule is CC(NC(c1ccccc1)c1ccco1)c1cccnc1. The standard InChI is InChI=1S/C18H18N2O/c1-14(16-9-5-11-19-13-16)20-18(17-10-6-12-21-17)15-7-3-2-4-8-15/h2-14,18,20H,1H3. The molecule has 0 radical (unpaired) electrons. The van der Waals surface area contributed by atoms with Crippen LogP contribution in [0, 0.1) is 0 Å². The predicted molar refractivity (Wildman–Crippen MR) is 82.8 cm³/mol. The van der Waals surface area contributed by atoms with Crippen molar-refractivity contribution < 1.29 is 4.42 Å². The Morgan fingerprint density at radius 2 is 1.76 bits per heavy atom. The fraction of sp³-hybridized carbons (Fsp3) is 0.167. The highest BCUT2D eigenvalue weighted by Crippen LogP contribution is 2.25. The van der Waals surface area contributed by atoms with Crippen LogP contribution in [0.3, 0.4) is 0 Å². The first-order valence-electron chi connectivity index (χ1n) is 7.09. The van der Waals surface area contributed by atoms with Crippen molar-refractivity contribution >= 4 is 0 Å². The second-order valence-corrected chi connectivity index (χ2v) is 5.03. The molecule has 21 heavy (non-hydrogen) atoms. The summed E-state index contributed by atoms with van der Waals surface area (Å²) in [6, 6.07) is 18.5. The van der Waals surface area contributed by atoms with Crippen LogP contribution in [0.1, 0.15) is 35.9 Å². The number of hydrogen-bond acceptors (Lipinski definition) is 3. The third-order valence-electron chi connectivity index (χ3n) is 3.56. The Morgan fingerprint density at radius 1 is 0.952 bits per heavy atom. The molecule has 2 heterocycles. The molecule has 3 rings (SSSR count). The van der Waals surface area contributed by atoms with E-state index in [1.807, 2.05) is 42.6 Å². The van der Waals surface area contributed by atoms with E-state index in [2.05, 4.69) is 35.4 Å².